The normalized spacial score (nSPS) is 11.5. The molecule has 0 aliphatic carbocycles. The number of non-ortho nitro benzene ring substituents is 1. The molecule has 1 unspecified atom stereocenters. The monoisotopic (exact) mass is 385 g/mol. The van der Waals surface area contributed by atoms with Gasteiger partial charge in [-0.2, -0.15) is 0 Å². The van der Waals surface area contributed by atoms with Gasteiger partial charge in [0.05, 0.1) is 4.92 Å². The van der Waals surface area contributed by atoms with Crippen LogP contribution in [0.1, 0.15) is 19.4 Å². The van der Waals surface area contributed by atoms with Crippen molar-refractivity contribution < 1.29 is 19.2 Å². The molecule has 148 valence electrons. The minimum absolute atomic E-state index is 0.0430. The van der Waals surface area contributed by atoms with Crippen LogP contribution in [0.25, 0.3) is 0 Å². The number of carbonyl (C=O) groups is 2. The summed E-state index contributed by atoms with van der Waals surface area (Å²) in [5.74, 6) is -0.359. The summed E-state index contributed by atoms with van der Waals surface area (Å²) < 4.78 is 5.39. The lowest BCUT2D eigenvalue weighted by molar-refractivity contribution is -0.384. The van der Waals surface area contributed by atoms with Gasteiger partial charge in [0.2, 0.25) is 5.91 Å². The van der Waals surface area contributed by atoms with Crippen molar-refractivity contribution in [1.29, 1.82) is 0 Å². The Labute approximate surface area is 163 Å². The van der Waals surface area contributed by atoms with Gasteiger partial charge in [0.25, 0.3) is 11.6 Å². The van der Waals surface area contributed by atoms with Gasteiger partial charge in [-0.05, 0) is 23.6 Å². The van der Waals surface area contributed by atoms with Gasteiger partial charge in [-0.1, -0.05) is 44.2 Å². The molecule has 28 heavy (non-hydrogen) atoms. The second-order valence-electron chi connectivity index (χ2n) is 6.54. The predicted molar refractivity (Wildman–Crippen MR) is 104 cm³/mol. The fraction of sp³-hybridized carbons (Fsp3) is 0.300. The third-order valence-electron chi connectivity index (χ3n) is 3.97. The van der Waals surface area contributed by atoms with Crippen LogP contribution in [0, 0.1) is 16.0 Å². The molecule has 0 spiro atoms. The third kappa shape index (κ3) is 6.39. The Balaban J connectivity index is 1.89. The van der Waals surface area contributed by atoms with E-state index in [-0.39, 0.29) is 30.7 Å². The van der Waals surface area contributed by atoms with Crippen LogP contribution in [0.4, 0.5) is 5.69 Å². The molecule has 0 aliphatic heterocycles. The zero-order valence-electron chi connectivity index (χ0n) is 15.8. The Morgan fingerprint density at radius 2 is 1.82 bits per heavy atom. The standard InChI is InChI=1S/C20H23N3O5/c1-14(2)19(22-18(24)13-28-17-9-4-3-5-10-17)20(25)21-12-15-7-6-8-16(11-15)23(26)27/h3-11,14,19H,12-13H2,1-2H3,(H,21,25)(H,22,24). The number of amides is 2. The highest BCUT2D eigenvalue weighted by atomic mass is 16.6. The van der Waals surface area contributed by atoms with Crippen molar-refractivity contribution in [2.75, 3.05) is 6.61 Å². The maximum absolute atomic E-state index is 12.5. The minimum atomic E-state index is -0.745. The Bertz CT molecular complexity index is 824. The molecule has 0 saturated carbocycles. The molecule has 0 heterocycles. The van der Waals surface area contributed by atoms with Gasteiger partial charge in [-0.15, -0.1) is 0 Å². The SMILES string of the molecule is CC(C)C(NC(=O)COc1ccccc1)C(=O)NCc1cccc([N+](=O)[O-])c1. The van der Waals surface area contributed by atoms with Gasteiger partial charge in [-0.3, -0.25) is 19.7 Å². The number of para-hydroxylation sites is 1. The van der Waals surface area contributed by atoms with Gasteiger partial charge in [0.1, 0.15) is 11.8 Å². The largest absolute Gasteiger partial charge is 0.484 e. The summed E-state index contributed by atoms with van der Waals surface area (Å²) in [7, 11) is 0. The van der Waals surface area contributed by atoms with E-state index in [9.17, 15) is 19.7 Å². The van der Waals surface area contributed by atoms with Crippen LogP contribution in [-0.4, -0.2) is 29.4 Å². The highest BCUT2D eigenvalue weighted by molar-refractivity contribution is 5.88. The minimum Gasteiger partial charge on any atom is -0.484 e. The lowest BCUT2D eigenvalue weighted by Crippen LogP contribution is -2.50. The first-order valence-corrected chi connectivity index (χ1v) is 8.85. The van der Waals surface area contributed by atoms with Crippen molar-refractivity contribution in [3.8, 4) is 5.75 Å². The fourth-order valence-corrected chi connectivity index (χ4v) is 2.49. The number of rotatable bonds is 9. The van der Waals surface area contributed by atoms with Crippen molar-refractivity contribution in [2.24, 2.45) is 5.92 Å². The summed E-state index contributed by atoms with van der Waals surface area (Å²) in [4.78, 5) is 35.0. The van der Waals surface area contributed by atoms with Crippen molar-refractivity contribution >= 4 is 17.5 Å². The zero-order valence-corrected chi connectivity index (χ0v) is 15.8. The molecule has 1 atom stereocenters. The molecule has 2 amide bonds. The molecule has 2 aromatic carbocycles. The van der Waals surface area contributed by atoms with Crippen molar-refractivity contribution in [1.82, 2.24) is 10.6 Å². The van der Waals surface area contributed by atoms with E-state index in [4.69, 9.17) is 4.74 Å². The number of benzene rings is 2. The number of ether oxygens (including phenoxy) is 1. The van der Waals surface area contributed by atoms with E-state index in [2.05, 4.69) is 10.6 Å². The van der Waals surface area contributed by atoms with Crippen LogP contribution in [-0.2, 0) is 16.1 Å². The Morgan fingerprint density at radius 1 is 1.11 bits per heavy atom. The maximum atomic E-state index is 12.5. The summed E-state index contributed by atoms with van der Waals surface area (Å²) >= 11 is 0. The average Bonchev–Trinajstić information content (AvgIpc) is 2.69. The van der Waals surface area contributed by atoms with E-state index in [0.717, 1.165) is 0 Å². The lowest BCUT2D eigenvalue weighted by Gasteiger charge is -2.21. The molecule has 0 aromatic heterocycles. The number of hydrogen-bond donors (Lipinski definition) is 2. The van der Waals surface area contributed by atoms with Crippen LogP contribution < -0.4 is 15.4 Å². The first kappa shape index (κ1) is 20.9. The van der Waals surface area contributed by atoms with E-state index >= 15 is 0 Å². The molecule has 0 aliphatic rings. The molecule has 2 rings (SSSR count). The quantitative estimate of drug-likeness (QED) is 0.509. The zero-order chi connectivity index (χ0) is 20.5. The number of carbonyl (C=O) groups excluding carboxylic acids is 2. The maximum Gasteiger partial charge on any atom is 0.269 e. The van der Waals surface area contributed by atoms with Crippen molar-refractivity contribution in [2.45, 2.75) is 26.4 Å². The van der Waals surface area contributed by atoms with Gasteiger partial charge >= 0.3 is 0 Å². The highest BCUT2D eigenvalue weighted by Crippen LogP contribution is 2.13. The second kappa shape index (κ2) is 10.1. The molecule has 0 bridgehead atoms. The van der Waals surface area contributed by atoms with Crippen molar-refractivity contribution in [3.63, 3.8) is 0 Å². The Kier molecular flexibility index (Phi) is 7.50. The Hall–Kier alpha value is -3.42. The van der Waals surface area contributed by atoms with Crippen LogP contribution >= 0.6 is 0 Å². The van der Waals surface area contributed by atoms with Gasteiger partial charge in [0, 0.05) is 18.7 Å². The highest BCUT2D eigenvalue weighted by Gasteiger charge is 2.24. The van der Waals surface area contributed by atoms with Gasteiger partial charge in [0.15, 0.2) is 6.61 Å². The topological polar surface area (TPSA) is 111 Å². The molecule has 2 N–H and O–H groups in total. The predicted octanol–water partition coefficient (Wildman–Crippen LogP) is 2.43. The summed E-state index contributed by atoms with van der Waals surface area (Å²) in [5, 5.41) is 16.2. The van der Waals surface area contributed by atoms with Crippen LogP contribution in [0.5, 0.6) is 5.75 Å². The number of nitrogens with one attached hydrogen (secondary N) is 2. The van der Waals surface area contributed by atoms with Crippen molar-refractivity contribution in [3.05, 3.63) is 70.3 Å². The van der Waals surface area contributed by atoms with E-state index in [1.807, 2.05) is 19.9 Å². The third-order valence-corrected chi connectivity index (χ3v) is 3.97. The lowest BCUT2D eigenvalue weighted by atomic mass is 10.0. The van der Waals surface area contributed by atoms with E-state index in [1.165, 1.54) is 12.1 Å². The number of nitro groups is 1. The summed E-state index contributed by atoms with van der Waals surface area (Å²) in [6, 6.07) is 14.2. The molecular weight excluding hydrogens is 362 g/mol. The summed E-state index contributed by atoms with van der Waals surface area (Å²) in [6.07, 6.45) is 0. The van der Waals surface area contributed by atoms with Crippen LogP contribution in [0.15, 0.2) is 54.6 Å². The van der Waals surface area contributed by atoms with E-state index in [0.29, 0.717) is 11.3 Å². The number of nitrogens with zero attached hydrogens (tertiary/aromatic N) is 1. The van der Waals surface area contributed by atoms with Gasteiger partial charge < -0.3 is 15.4 Å². The molecule has 0 radical (unpaired) electrons. The molecule has 0 fully saturated rings. The van der Waals surface area contributed by atoms with E-state index in [1.54, 1.807) is 36.4 Å². The van der Waals surface area contributed by atoms with E-state index < -0.39 is 16.9 Å². The first-order chi connectivity index (χ1) is 13.4. The summed E-state index contributed by atoms with van der Waals surface area (Å²) in [5.41, 5.74) is 0.558. The second-order valence-corrected chi connectivity index (χ2v) is 6.54. The summed E-state index contributed by atoms with van der Waals surface area (Å²) in [6.45, 7) is 3.55. The number of nitro benzene ring substituents is 1. The molecule has 8 nitrogen and oxygen atoms in total. The van der Waals surface area contributed by atoms with Crippen LogP contribution in [0.2, 0.25) is 0 Å². The molecule has 8 heteroatoms. The molecule has 2 aromatic rings. The smallest absolute Gasteiger partial charge is 0.269 e. The Morgan fingerprint density at radius 3 is 2.46 bits per heavy atom. The average molecular weight is 385 g/mol. The fourth-order valence-electron chi connectivity index (χ4n) is 2.49. The first-order valence-electron chi connectivity index (χ1n) is 8.85. The molecule has 0 saturated heterocycles. The number of hydrogen-bond acceptors (Lipinski definition) is 5. The van der Waals surface area contributed by atoms with Gasteiger partial charge in [-0.25, -0.2) is 0 Å². The molecular formula is C20H23N3O5. The van der Waals surface area contributed by atoms with Crippen LogP contribution in [0.3, 0.4) is 0 Å².